The van der Waals surface area contributed by atoms with Gasteiger partial charge in [-0.3, -0.25) is 0 Å². The van der Waals surface area contributed by atoms with E-state index in [-0.39, 0.29) is 0 Å². The number of thioether (sulfide) groups is 1. The summed E-state index contributed by atoms with van der Waals surface area (Å²) in [5.74, 6) is 1.82. The van der Waals surface area contributed by atoms with Gasteiger partial charge in [-0.2, -0.15) is 0 Å². The number of nitrogens with one attached hydrogen (secondary N) is 1. The Kier molecular flexibility index (Phi) is 3.89. The molecule has 0 aliphatic heterocycles. The van der Waals surface area contributed by atoms with Crippen LogP contribution in [-0.4, -0.2) is 17.0 Å². The fourth-order valence-corrected chi connectivity index (χ4v) is 3.85. The van der Waals surface area contributed by atoms with Crippen molar-refractivity contribution in [1.29, 1.82) is 0 Å². The summed E-state index contributed by atoms with van der Waals surface area (Å²) in [4.78, 5) is 9.15. The highest BCUT2D eigenvalue weighted by atomic mass is 32.2. The van der Waals surface area contributed by atoms with Gasteiger partial charge in [0.25, 0.3) is 0 Å². The standard InChI is InChI=1S/C15H15N3S2/c1-10-8-19-15(17-10)20-9-12-7-11-5-3-4-6-13(11)18-14(12)16-2/h3-8H,9H2,1-2H3,(H,16,18). The molecule has 0 aliphatic carbocycles. The number of pyridine rings is 1. The van der Waals surface area contributed by atoms with Gasteiger partial charge in [-0.05, 0) is 19.1 Å². The van der Waals surface area contributed by atoms with Crippen LogP contribution >= 0.6 is 23.1 Å². The Balaban J connectivity index is 1.89. The van der Waals surface area contributed by atoms with Crippen molar-refractivity contribution in [2.45, 2.75) is 17.0 Å². The van der Waals surface area contributed by atoms with Crippen molar-refractivity contribution < 1.29 is 0 Å². The summed E-state index contributed by atoms with van der Waals surface area (Å²) < 4.78 is 1.11. The number of hydrogen-bond acceptors (Lipinski definition) is 5. The van der Waals surface area contributed by atoms with Crippen LogP contribution in [0.3, 0.4) is 0 Å². The highest BCUT2D eigenvalue weighted by Gasteiger charge is 2.07. The maximum Gasteiger partial charge on any atom is 0.150 e. The number of anilines is 1. The van der Waals surface area contributed by atoms with Gasteiger partial charge in [-0.25, -0.2) is 9.97 Å². The number of hydrogen-bond donors (Lipinski definition) is 1. The summed E-state index contributed by atoms with van der Waals surface area (Å²) in [6.45, 7) is 2.02. The van der Waals surface area contributed by atoms with Gasteiger partial charge in [0, 0.05) is 34.8 Å². The zero-order valence-corrected chi connectivity index (χ0v) is 13.0. The van der Waals surface area contributed by atoms with Gasteiger partial charge in [-0.1, -0.05) is 30.0 Å². The lowest BCUT2D eigenvalue weighted by Gasteiger charge is -2.09. The maximum atomic E-state index is 4.67. The van der Waals surface area contributed by atoms with E-state index in [1.54, 1.807) is 23.1 Å². The van der Waals surface area contributed by atoms with Crippen molar-refractivity contribution in [3.05, 3.63) is 47.0 Å². The summed E-state index contributed by atoms with van der Waals surface area (Å²) in [5.41, 5.74) is 3.32. The Bertz CT molecular complexity index is 737. The molecular formula is C15H15N3S2. The molecule has 0 fully saturated rings. The molecule has 0 atom stereocenters. The second kappa shape index (κ2) is 5.81. The number of nitrogens with zero attached hydrogens (tertiary/aromatic N) is 2. The van der Waals surface area contributed by atoms with Crippen LogP contribution in [0, 0.1) is 6.92 Å². The van der Waals surface area contributed by atoms with Crippen LogP contribution in [0.2, 0.25) is 0 Å². The lowest BCUT2D eigenvalue weighted by molar-refractivity contribution is 1.16. The predicted molar refractivity (Wildman–Crippen MR) is 87.7 cm³/mol. The smallest absolute Gasteiger partial charge is 0.150 e. The number of aryl methyl sites for hydroxylation is 1. The number of fused-ring (bicyclic) bond motifs is 1. The molecule has 2 aromatic heterocycles. The first-order valence-corrected chi connectivity index (χ1v) is 8.24. The number of rotatable bonds is 4. The van der Waals surface area contributed by atoms with E-state index in [2.05, 4.69) is 32.8 Å². The molecule has 0 unspecified atom stereocenters. The first-order valence-electron chi connectivity index (χ1n) is 6.37. The van der Waals surface area contributed by atoms with Crippen LogP contribution < -0.4 is 5.32 Å². The van der Waals surface area contributed by atoms with Gasteiger partial charge in [0.2, 0.25) is 0 Å². The molecular weight excluding hydrogens is 286 g/mol. The summed E-state index contributed by atoms with van der Waals surface area (Å²) in [6.07, 6.45) is 0. The number of aromatic nitrogens is 2. The van der Waals surface area contributed by atoms with Crippen LogP contribution in [-0.2, 0) is 5.75 Å². The van der Waals surface area contributed by atoms with Gasteiger partial charge < -0.3 is 5.32 Å². The Hall–Kier alpha value is -1.59. The maximum absolute atomic E-state index is 4.67. The highest BCUT2D eigenvalue weighted by Crippen LogP contribution is 2.29. The Labute approximate surface area is 126 Å². The molecule has 5 heteroatoms. The van der Waals surface area contributed by atoms with Crippen LogP contribution in [0.5, 0.6) is 0 Å². The quantitative estimate of drug-likeness (QED) is 0.728. The predicted octanol–water partition coefficient (Wildman–Crippen LogP) is 4.33. The zero-order valence-electron chi connectivity index (χ0n) is 11.4. The third kappa shape index (κ3) is 2.78. The van der Waals surface area contributed by atoms with Crippen molar-refractivity contribution in [1.82, 2.24) is 9.97 Å². The van der Waals surface area contributed by atoms with Gasteiger partial charge >= 0.3 is 0 Å². The van der Waals surface area contributed by atoms with Crippen LogP contribution in [0.25, 0.3) is 10.9 Å². The van der Waals surface area contributed by atoms with E-state index in [4.69, 9.17) is 0 Å². The summed E-state index contributed by atoms with van der Waals surface area (Å²) in [7, 11) is 1.92. The number of benzene rings is 1. The van der Waals surface area contributed by atoms with Crippen molar-refractivity contribution in [3.63, 3.8) is 0 Å². The Morgan fingerprint density at radius 2 is 2.10 bits per heavy atom. The van der Waals surface area contributed by atoms with E-state index in [0.717, 1.165) is 27.1 Å². The fourth-order valence-electron chi connectivity index (χ4n) is 2.02. The van der Waals surface area contributed by atoms with E-state index < -0.39 is 0 Å². The third-order valence-corrected chi connectivity index (χ3v) is 5.18. The Morgan fingerprint density at radius 1 is 1.25 bits per heavy atom. The van der Waals surface area contributed by atoms with Crippen molar-refractivity contribution in [2.24, 2.45) is 0 Å². The van der Waals surface area contributed by atoms with E-state index >= 15 is 0 Å². The molecule has 1 aromatic carbocycles. The minimum Gasteiger partial charge on any atom is -0.373 e. The monoisotopic (exact) mass is 301 g/mol. The molecule has 0 saturated carbocycles. The van der Waals surface area contributed by atoms with Gasteiger partial charge in [0.15, 0.2) is 0 Å². The molecule has 0 aliphatic rings. The molecule has 1 N–H and O–H groups in total. The van der Waals surface area contributed by atoms with Gasteiger partial charge in [-0.15, -0.1) is 11.3 Å². The average molecular weight is 301 g/mol. The normalized spacial score (nSPS) is 10.9. The minimum absolute atomic E-state index is 0.876. The number of para-hydroxylation sites is 1. The van der Waals surface area contributed by atoms with Gasteiger partial charge in [0.1, 0.15) is 10.2 Å². The molecule has 20 heavy (non-hydrogen) atoms. The molecule has 0 spiro atoms. The molecule has 0 amide bonds. The van der Waals surface area contributed by atoms with Crippen LogP contribution in [0.4, 0.5) is 5.82 Å². The molecule has 0 bridgehead atoms. The third-order valence-electron chi connectivity index (χ3n) is 2.99. The summed E-state index contributed by atoms with van der Waals surface area (Å²) in [6, 6.07) is 10.4. The molecule has 102 valence electrons. The van der Waals surface area contributed by atoms with E-state index in [9.17, 15) is 0 Å². The Morgan fingerprint density at radius 3 is 2.85 bits per heavy atom. The summed E-state index contributed by atoms with van der Waals surface area (Å²) >= 11 is 3.46. The van der Waals surface area contributed by atoms with Crippen molar-refractivity contribution >= 4 is 39.8 Å². The second-order valence-corrected chi connectivity index (χ2v) is 6.56. The van der Waals surface area contributed by atoms with Gasteiger partial charge in [0.05, 0.1) is 5.52 Å². The molecule has 2 heterocycles. The lowest BCUT2D eigenvalue weighted by Crippen LogP contribution is -1.98. The fraction of sp³-hybridized carbons (Fsp3) is 0.200. The van der Waals surface area contributed by atoms with Crippen molar-refractivity contribution in [2.75, 3.05) is 12.4 Å². The SMILES string of the molecule is CNc1nc2ccccc2cc1CSc1nc(C)cs1. The minimum atomic E-state index is 0.876. The van der Waals surface area contributed by atoms with E-state index in [1.165, 1.54) is 10.9 Å². The average Bonchev–Trinajstić information content (AvgIpc) is 2.89. The van der Waals surface area contributed by atoms with Crippen LogP contribution in [0.15, 0.2) is 40.1 Å². The molecule has 0 radical (unpaired) electrons. The van der Waals surface area contributed by atoms with Crippen molar-refractivity contribution in [3.8, 4) is 0 Å². The molecule has 0 saturated heterocycles. The second-order valence-electron chi connectivity index (χ2n) is 4.48. The first kappa shape index (κ1) is 13.4. The van der Waals surface area contributed by atoms with E-state index in [1.807, 2.05) is 32.2 Å². The topological polar surface area (TPSA) is 37.8 Å². The summed E-state index contributed by atoms with van der Waals surface area (Å²) in [5, 5.41) is 6.45. The molecule has 3 nitrogen and oxygen atoms in total. The largest absolute Gasteiger partial charge is 0.373 e. The zero-order chi connectivity index (χ0) is 13.9. The number of thiazole rings is 1. The first-order chi connectivity index (χ1) is 9.76. The highest BCUT2D eigenvalue weighted by molar-refractivity contribution is 8.00. The molecule has 3 rings (SSSR count). The van der Waals surface area contributed by atoms with Crippen LogP contribution in [0.1, 0.15) is 11.3 Å². The lowest BCUT2D eigenvalue weighted by atomic mass is 10.1. The van der Waals surface area contributed by atoms with E-state index in [0.29, 0.717) is 0 Å². The molecule has 3 aromatic rings.